The van der Waals surface area contributed by atoms with E-state index in [9.17, 15) is 9.90 Å². The van der Waals surface area contributed by atoms with Crippen molar-refractivity contribution in [1.29, 1.82) is 0 Å². The van der Waals surface area contributed by atoms with Gasteiger partial charge in [-0.05, 0) is 48.6 Å². The summed E-state index contributed by atoms with van der Waals surface area (Å²) in [6.45, 7) is 1.46. The van der Waals surface area contributed by atoms with Crippen LogP contribution in [0.25, 0.3) is 10.9 Å². The molecule has 0 bridgehead atoms. The smallest absolute Gasteiger partial charge is 0.272 e. The van der Waals surface area contributed by atoms with Crippen LogP contribution in [0.2, 0.25) is 5.02 Å². The van der Waals surface area contributed by atoms with Crippen LogP contribution in [0, 0.1) is 5.92 Å². The van der Waals surface area contributed by atoms with Gasteiger partial charge >= 0.3 is 0 Å². The number of benzene rings is 2. The highest BCUT2D eigenvalue weighted by molar-refractivity contribution is 6.35. The molecule has 26 heavy (non-hydrogen) atoms. The van der Waals surface area contributed by atoms with Crippen molar-refractivity contribution in [3.63, 3.8) is 0 Å². The lowest BCUT2D eigenvalue weighted by Gasteiger charge is -2.16. The molecule has 1 atom stereocenters. The lowest BCUT2D eigenvalue weighted by molar-refractivity contribution is 0.0781. The number of rotatable bonds is 3. The minimum absolute atomic E-state index is 0.0416. The normalized spacial score (nSPS) is 17.0. The lowest BCUT2D eigenvalue weighted by Crippen LogP contribution is -2.29. The van der Waals surface area contributed by atoms with Crippen LogP contribution >= 0.6 is 11.6 Å². The molecule has 1 amide bonds. The van der Waals surface area contributed by atoms with Crippen LogP contribution in [0.5, 0.6) is 5.75 Å². The summed E-state index contributed by atoms with van der Waals surface area (Å²) in [4.78, 5) is 19.2. The third-order valence-electron chi connectivity index (χ3n) is 4.92. The molecule has 1 saturated heterocycles. The van der Waals surface area contributed by atoms with Crippen molar-refractivity contribution >= 4 is 28.4 Å². The van der Waals surface area contributed by atoms with Gasteiger partial charge in [0.05, 0.1) is 10.5 Å². The average molecular weight is 367 g/mol. The van der Waals surface area contributed by atoms with Crippen LogP contribution in [0.3, 0.4) is 0 Å². The number of hydrogen-bond acceptors (Lipinski definition) is 3. The summed E-state index contributed by atoms with van der Waals surface area (Å²) in [6.07, 6.45) is 1.88. The zero-order valence-electron chi connectivity index (χ0n) is 14.2. The molecule has 1 aromatic heterocycles. The number of para-hydroxylation sites is 1. The second-order valence-electron chi connectivity index (χ2n) is 6.78. The van der Waals surface area contributed by atoms with Gasteiger partial charge in [-0.25, -0.2) is 4.98 Å². The van der Waals surface area contributed by atoms with Gasteiger partial charge in [0, 0.05) is 18.5 Å². The van der Waals surface area contributed by atoms with E-state index in [0.717, 1.165) is 31.3 Å². The standard InChI is InChI=1S/C21H19ClN2O2/c22-18-3-1-2-16-6-9-19(23-20(16)18)21(26)24-11-10-15(13-24)12-14-4-7-17(25)8-5-14/h1-9,15,25H,10-13H2. The zero-order valence-corrected chi connectivity index (χ0v) is 15.0. The van der Waals surface area contributed by atoms with Crippen molar-refractivity contribution in [2.45, 2.75) is 12.8 Å². The lowest BCUT2D eigenvalue weighted by atomic mass is 9.99. The topological polar surface area (TPSA) is 53.4 Å². The Morgan fingerprint density at radius 3 is 2.77 bits per heavy atom. The minimum atomic E-state index is -0.0416. The number of aromatic hydroxyl groups is 1. The Balaban J connectivity index is 1.47. The summed E-state index contributed by atoms with van der Waals surface area (Å²) in [5.41, 5.74) is 2.29. The molecule has 132 valence electrons. The van der Waals surface area contributed by atoms with E-state index >= 15 is 0 Å². The van der Waals surface area contributed by atoms with E-state index in [0.29, 0.717) is 22.2 Å². The van der Waals surface area contributed by atoms with Crippen LogP contribution in [0.15, 0.2) is 54.6 Å². The van der Waals surface area contributed by atoms with Crippen LogP contribution in [-0.2, 0) is 6.42 Å². The number of likely N-dealkylation sites (tertiary alicyclic amines) is 1. The molecule has 1 unspecified atom stereocenters. The third kappa shape index (κ3) is 3.37. The Hall–Kier alpha value is -2.59. The molecule has 5 heteroatoms. The molecule has 0 aliphatic carbocycles. The maximum atomic E-state index is 12.8. The van der Waals surface area contributed by atoms with E-state index in [1.54, 1.807) is 24.3 Å². The van der Waals surface area contributed by atoms with Crippen molar-refractivity contribution in [2.24, 2.45) is 5.92 Å². The van der Waals surface area contributed by atoms with Crippen LogP contribution in [-0.4, -0.2) is 34.0 Å². The van der Waals surface area contributed by atoms with Gasteiger partial charge in [-0.3, -0.25) is 4.79 Å². The van der Waals surface area contributed by atoms with E-state index in [1.807, 2.05) is 35.2 Å². The predicted molar refractivity (Wildman–Crippen MR) is 103 cm³/mol. The summed E-state index contributed by atoms with van der Waals surface area (Å²) in [6, 6.07) is 16.5. The molecular weight excluding hydrogens is 348 g/mol. The molecule has 1 aliphatic rings. The van der Waals surface area contributed by atoms with Gasteiger partial charge in [-0.1, -0.05) is 41.9 Å². The van der Waals surface area contributed by atoms with Gasteiger partial charge in [-0.15, -0.1) is 0 Å². The van der Waals surface area contributed by atoms with Gasteiger partial charge in [0.25, 0.3) is 5.91 Å². The summed E-state index contributed by atoms with van der Waals surface area (Å²) in [5.74, 6) is 0.658. The van der Waals surface area contributed by atoms with Gasteiger partial charge in [-0.2, -0.15) is 0 Å². The quantitative estimate of drug-likeness (QED) is 0.752. The number of amides is 1. The van der Waals surface area contributed by atoms with E-state index in [-0.39, 0.29) is 11.7 Å². The van der Waals surface area contributed by atoms with Crippen molar-refractivity contribution < 1.29 is 9.90 Å². The van der Waals surface area contributed by atoms with E-state index in [1.165, 1.54) is 5.56 Å². The number of fused-ring (bicyclic) bond motifs is 1. The number of phenolic OH excluding ortho intramolecular Hbond substituents is 1. The molecule has 1 N–H and O–H groups in total. The first-order valence-electron chi connectivity index (χ1n) is 8.72. The van der Waals surface area contributed by atoms with Gasteiger partial charge in [0.15, 0.2) is 0 Å². The van der Waals surface area contributed by atoms with E-state index in [2.05, 4.69) is 4.98 Å². The van der Waals surface area contributed by atoms with Crippen LogP contribution in [0.4, 0.5) is 0 Å². The van der Waals surface area contributed by atoms with Crippen molar-refractivity contribution in [1.82, 2.24) is 9.88 Å². The number of pyridine rings is 1. The summed E-state index contributed by atoms with van der Waals surface area (Å²) >= 11 is 6.21. The number of carbonyl (C=O) groups is 1. The molecule has 0 radical (unpaired) electrons. The van der Waals surface area contributed by atoms with Gasteiger partial charge in [0.1, 0.15) is 11.4 Å². The molecule has 4 nitrogen and oxygen atoms in total. The Bertz CT molecular complexity index is 956. The average Bonchev–Trinajstić information content (AvgIpc) is 3.12. The maximum Gasteiger partial charge on any atom is 0.272 e. The number of hydrogen-bond donors (Lipinski definition) is 1. The number of carbonyl (C=O) groups excluding carboxylic acids is 1. The second-order valence-corrected chi connectivity index (χ2v) is 7.19. The summed E-state index contributed by atoms with van der Waals surface area (Å²) in [7, 11) is 0. The van der Waals surface area contributed by atoms with Crippen LogP contribution < -0.4 is 0 Å². The molecule has 0 saturated carbocycles. The molecule has 2 aromatic carbocycles. The first-order chi connectivity index (χ1) is 12.6. The van der Waals surface area contributed by atoms with E-state index in [4.69, 9.17) is 11.6 Å². The molecule has 3 aromatic rings. The fourth-order valence-electron chi connectivity index (χ4n) is 3.54. The third-order valence-corrected chi connectivity index (χ3v) is 5.23. The largest absolute Gasteiger partial charge is 0.508 e. The first kappa shape index (κ1) is 16.9. The maximum absolute atomic E-state index is 12.8. The van der Waals surface area contributed by atoms with Gasteiger partial charge < -0.3 is 10.0 Å². The van der Waals surface area contributed by atoms with E-state index < -0.39 is 0 Å². The Morgan fingerprint density at radius 1 is 1.15 bits per heavy atom. The SMILES string of the molecule is O=C(c1ccc2cccc(Cl)c2n1)N1CCC(Cc2ccc(O)cc2)C1. The highest BCUT2D eigenvalue weighted by Crippen LogP contribution is 2.25. The summed E-state index contributed by atoms with van der Waals surface area (Å²) < 4.78 is 0. The highest BCUT2D eigenvalue weighted by atomic mass is 35.5. The molecular formula is C21H19ClN2O2. The number of nitrogens with zero attached hydrogens (tertiary/aromatic N) is 2. The number of phenols is 1. The molecule has 2 heterocycles. The molecule has 1 fully saturated rings. The van der Waals surface area contributed by atoms with Crippen molar-refractivity contribution in [3.05, 3.63) is 70.9 Å². The van der Waals surface area contributed by atoms with Crippen molar-refractivity contribution in [3.8, 4) is 5.75 Å². The van der Waals surface area contributed by atoms with Gasteiger partial charge in [0.2, 0.25) is 0 Å². The number of halogens is 1. The molecule has 0 spiro atoms. The Kier molecular flexibility index (Phi) is 4.51. The van der Waals surface area contributed by atoms with Crippen molar-refractivity contribution in [2.75, 3.05) is 13.1 Å². The molecule has 4 rings (SSSR count). The monoisotopic (exact) mass is 366 g/mol. The Labute approximate surface area is 157 Å². The fourth-order valence-corrected chi connectivity index (χ4v) is 3.77. The minimum Gasteiger partial charge on any atom is -0.508 e. The fraction of sp³-hybridized carbons (Fsp3) is 0.238. The Morgan fingerprint density at radius 2 is 1.96 bits per heavy atom. The predicted octanol–water partition coefficient (Wildman–Crippen LogP) is 4.30. The zero-order chi connectivity index (χ0) is 18.1. The highest BCUT2D eigenvalue weighted by Gasteiger charge is 2.27. The molecule has 1 aliphatic heterocycles. The second kappa shape index (κ2) is 6.96. The summed E-state index contributed by atoms with van der Waals surface area (Å²) in [5, 5.41) is 10.9. The van der Waals surface area contributed by atoms with Crippen LogP contribution in [0.1, 0.15) is 22.5 Å². The first-order valence-corrected chi connectivity index (χ1v) is 9.10. The number of aromatic nitrogens is 1.